The van der Waals surface area contributed by atoms with E-state index in [0.717, 1.165) is 6.42 Å². The Morgan fingerprint density at radius 2 is 2.40 bits per heavy atom. The van der Waals surface area contributed by atoms with Crippen molar-refractivity contribution >= 4 is 5.97 Å². The van der Waals surface area contributed by atoms with Crippen molar-refractivity contribution in [2.45, 2.75) is 31.4 Å². The number of carboxylic acids is 1. The fourth-order valence-electron chi connectivity index (χ4n) is 1.79. The van der Waals surface area contributed by atoms with E-state index in [4.69, 9.17) is 4.74 Å². The van der Waals surface area contributed by atoms with Crippen LogP contribution in [0.4, 0.5) is 0 Å². The van der Waals surface area contributed by atoms with Crippen LogP contribution in [0, 0.1) is 0 Å². The highest BCUT2D eigenvalue weighted by Gasteiger charge is 2.48. The molecule has 0 aromatic carbocycles. The normalized spacial score (nSPS) is 18.5. The van der Waals surface area contributed by atoms with Crippen LogP contribution >= 0.6 is 0 Å². The van der Waals surface area contributed by atoms with Gasteiger partial charge >= 0.3 is 5.97 Å². The molecular weight excluding hydrogens is 200 g/mol. The van der Waals surface area contributed by atoms with E-state index >= 15 is 0 Å². The van der Waals surface area contributed by atoms with Crippen LogP contribution in [0.1, 0.15) is 25.1 Å². The van der Waals surface area contributed by atoms with E-state index < -0.39 is 11.5 Å². The van der Waals surface area contributed by atoms with E-state index in [1.807, 2.05) is 0 Å². The Balaban J connectivity index is 2.34. The summed E-state index contributed by atoms with van der Waals surface area (Å²) in [6.45, 7) is 0.224. The molecule has 82 valence electrons. The van der Waals surface area contributed by atoms with Gasteiger partial charge in [-0.3, -0.25) is 0 Å². The molecule has 0 amide bonds. The van der Waals surface area contributed by atoms with Gasteiger partial charge in [-0.05, 0) is 29.7 Å². The van der Waals surface area contributed by atoms with Crippen LogP contribution in [-0.2, 0) is 21.7 Å². The third-order valence-corrected chi connectivity index (χ3v) is 2.79. The van der Waals surface area contributed by atoms with Crippen LogP contribution in [0.25, 0.3) is 0 Å². The Labute approximate surface area is 86.0 Å². The second kappa shape index (κ2) is 3.58. The highest BCUT2D eigenvalue weighted by Crippen LogP contribution is 2.39. The topological polar surface area (TPSA) is 90.1 Å². The lowest BCUT2D eigenvalue weighted by atomic mass is 9.77. The summed E-state index contributed by atoms with van der Waals surface area (Å²) in [7, 11) is 1.52. The van der Waals surface area contributed by atoms with E-state index in [9.17, 15) is 9.90 Å². The van der Waals surface area contributed by atoms with Crippen molar-refractivity contribution in [3.63, 3.8) is 0 Å². The van der Waals surface area contributed by atoms with Crippen molar-refractivity contribution in [3.05, 3.63) is 5.82 Å². The van der Waals surface area contributed by atoms with Crippen LogP contribution in [0.15, 0.2) is 0 Å². The number of aliphatic carboxylic acids is 1. The Bertz CT molecular complexity index is 372. The SMILES string of the molecule is COCc1nnnn1C1(C(=O)O)CCC1. The average Bonchev–Trinajstić information content (AvgIpc) is 2.52. The van der Waals surface area contributed by atoms with E-state index in [0.29, 0.717) is 18.7 Å². The Kier molecular flexibility index (Phi) is 2.39. The molecule has 1 aromatic heterocycles. The first-order valence-electron chi connectivity index (χ1n) is 4.71. The van der Waals surface area contributed by atoms with Crippen LogP contribution in [0.3, 0.4) is 0 Å². The van der Waals surface area contributed by atoms with Crippen LogP contribution in [0.5, 0.6) is 0 Å². The van der Waals surface area contributed by atoms with E-state index in [2.05, 4.69) is 15.5 Å². The van der Waals surface area contributed by atoms with Gasteiger partial charge in [-0.2, -0.15) is 0 Å². The average molecular weight is 212 g/mol. The van der Waals surface area contributed by atoms with Crippen molar-refractivity contribution in [3.8, 4) is 0 Å². The van der Waals surface area contributed by atoms with Gasteiger partial charge in [-0.15, -0.1) is 5.10 Å². The van der Waals surface area contributed by atoms with Crippen molar-refractivity contribution in [2.24, 2.45) is 0 Å². The summed E-state index contributed by atoms with van der Waals surface area (Å²) in [4.78, 5) is 11.2. The smallest absolute Gasteiger partial charge is 0.331 e. The summed E-state index contributed by atoms with van der Waals surface area (Å²) in [5.41, 5.74) is -0.947. The predicted octanol–water partition coefficient (Wildman–Crippen LogP) is -0.217. The first-order chi connectivity index (χ1) is 7.20. The van der Waals surface area contributed by atoms with Crippen LogP contribution in [-0.4, -0.2) is 38.4 Å². The third-order valence-electron chi connectivity index (χ3n) is 2.79. The maximum Gasteiger partial charge on any atom is 0.331 e. The zero-order valence-electron chi connectivity index (χ0n) is 8.38. The molecule has 7 heteroatoms. The lowest BCUT2D eigenvalue weighted by molar-refractivity contribution is -0.153. The number of carboxylic acid groups (broad SMARTS) is 1. The van der Waals surface area contributed by atoms with Gasteiger partial charge in [-0.1, -0.05) is 0 Å². The summed E-state index contributed by atoms with van der Waals surface area (Å²) >= 11 is 0. The second-order valence-corrected chi connectivity index (χ2v) is 3.63. The van der Waals surface area contributed by atoms with Gasteiger partial charge in [-0.25, -0.2) is 9.48 Å². The molecule has 1 aliphatic carbocycles. The molecule has 1 aromatic rings. The molecule has 0 saturated heterocycles. The zero-order valence-corrected chi connectivity index (χ0v) is 8.38. The molecule has 0 atom stereocenters. The number of rotatable bonds is 4. The monoisotopic (exact) mass is 212 g/mol. The fraction of sp³-hybridized carbons (Fsp3) is 0.750. The maximum atomic E-state index is 11.2. The predicted molar refractivity (Wildman–Crippen MR) is 48.0 cm³/mol. The number of aromatic nitrogens is 4. The van der Waals surface area contributed by atoms with Crippen molar-refractivity contribution < 1.29 is 14.6 Å². The van der Waals surface area contributed by atoms with Gasteiger partial charge in [0.15, 0.2) is 11.4 Å². The van der Waals surface area contributed by atoms with Crippen LogP contribution in [0.2, 0.25) is 0 Å². The van der Waals surface area contributed by atoms with Gasteiger partial charge in [0, 0.05) is 7.11 Å². The minimum atomic E-state index is -0.947. The fourth-order valence-corrected chi connectivity index (χ4v) is 1.79. The summed E-state index contributed by atoms with van der Waals surface area (Å²) in [5.74, 6) is -0.419. The summed E-state index contributed by atoms with van der Waals surface area (Å²) < 4.78 is 6.29. The van der Waals surface area contributed by atoms with E-state index in [1.54, 1.807) is 0 Å². The number of ether oxygens (including phenoxy) is 1. The molecule has 0 radical (unpaired) electrons. The molecular formula is C8H12N4O3. The van der Waals surface area contributed by atoms with Crippen molar-refractivity contribution in [1.29, 1.82) is 0 Å². The molecule has 15 heavy (non-hydrogen) atoms. The minimum Gasteiger partial charge on any atom is -0.479 e. The molecule has 1 aliphatic rings. The zero-order chi connectivity index (χ0) is 10.9. The quantitative estimate of drug-likeness (QED) is 0.742. The number of tetrazole rings is 1. The lowest BCUT2D eigenvalue weighted by Gasteiger charge is -2.37. The standard InChI is InChI=1S/C8H12N4O3/c1-15-5-6-9-10-11-12(6)8(7(13)14)3-2-4-8/h2-5H2,1H3,(H,13,14). The largest absolute Gasteiger partial charge is 0.479 e. The van der Waals surface area contributed by atoms with Gasteiger partial charge in [0.1, 0.15) is 6.61 Å². The minimum absolute atomic E-state index is 0.224. The van der Waals surface area contributed by atoms with Crippen molar-refractivity contribution in [2.75, 3.05) is 7.11 Å². The maximum absolute atomic E-state index is 11.2. The van der Waals surface area contributed by atoms with Gasteiger partial charge in [0.2, 0.25) is 0 Å². The number of nitrogens with zero attached hydrogens (tertiary/aromatic N) is 4. The summed E-state index contributed by atoms with van der Waals surface area (Å²) in [6.07, 6.45) is 2.03. The highest BCUT2D eigenvalue weighted by atomic mass is 16.5. The van der Waals surface area contributed by atoms with Gasteiger partial charge in [0.05, 0.1) is 0 Å². The Morgan fingerprint density at radius 3 is 2.87 bits per heavy atom. The summed E-state index contributed by atoms with van der Waals surface area (Å²) in [5, 5.41) is 20.2. The molecule has 1 fully saturated rings. The molecule has 1 N–H and O–H groups in total. The molecule has 0 spiro atoms. The first-order valence-corrected chi connectivity index (χ1v) is 4.71. The molecule has 1 heterocycles. The Hall–Kier alpha value is -1.50. The molecule has 0 aliphatic heterocycles. The van der Waals surface area contributed by atoms with Crippen molar-refractivity contribution in [1.82, 2.24) is 20.2 Å². The number of carbonyl (C=O) groups is 1. The molecule has 7 nitrogen and oxygen atoms in total. The van der Waals surface area contributed by atoms with Crippen LogP contribution < -0.4 is 0 Å². The third kappa shape index (κ3) is 1.39. The number of methoxy groups -OCH3 is 1. The first kappa shape index (κ1) is 10.0. The van der Waals surface area contributed by atoms with E-state index in [-0.39, 0.29) is 6.61 Å². The molecule has 2 rings (SSSR count). The summed E-state index contributed by atoms with van der Waals surface area (Å²) in [6, 6.07) is 0. The molecule has 0 unspecified atom stereocenters. The van der Waals surface area contributed by atoms with Gasteiger partial charge in [0.25, 0.3) is 0 Å². The number of hydrogen-bond donors (Lipinski definition) is 1. The van der Waals surface area contributed by atoms with Gasteiger partial charge < -0.3 is 9.84 Å². The molecule has 1 saturated carbocycles. The lowest BCUT2D eigenvalue weighted by Crippen LogP contribution is -2.49. The second-order valence-electron chi connectivity index (χ2n) is 3.63. The highest BCUT2D eigenvalue weighted by molar-refractivity contribution is 5.77. The molecule has 0 bridgehead atoms. The van der Waals surface area contributed by atoms with E-state index in [1.165, 1.54) is 11.8 Å². The number of hydrogen-bond acceptors (Lipinski definition) is 5. The Morgan fingerprint density at radius 1 is 1.67 bits per heavy atom.